The normalized spacial score (nSPS) is 25.2. The smallest absolute Gasteiger partial charge is 0.180 e. The van der Waals surface area contributed by atoms with E-state index in [-0.39, 0.29) is 23.5 Å². The minimum absolute atomic E-state index is 0.00666. The fraction of sp³-hybridized carbons (Fsp3) is 0.222. The molecule has 4 aliphatic rings. The quantitative estimate of drug-likeness (QED) is 0.231. The molecule has 0 N–H and O–H groups in total. The first kappa shape index (κ1) is 23.2. The van der Waals surface area contributed by atoms with Gasteiger partial charge in [0, 0.05) is 28.7 Å². The van der Waals surface area contributed by atoms with Crippen molar-refractivity contribution in [1.82, 2.24) is 14.9 Å². The summed E-state index contributed by atoms with van der Waals surface area (Å²) in [7, 11) is 0. The van der Waals surface area contributed by atoms with Crippen LogP contribution in [-0.2, 0) is 5.54 Å². The van der Waals surface area contributed by atoms with Gasteiger partial charge in [-0.25, -0.2) is 9.97 Å². The number of rotatable bonds is 1. The van der Waals surface area contributed by atoms with E-state index < -0.39 is 11.0 Å². The standard InChI is InChI=1S/C36H27N3O2/c1-21-16-18-22(19-17-21)30-29-15-8-20-39(29)36(35(30)33(40)23-9-2-3-10-24(23)34(35)41)26-12-5-4-11-25(26)31-32(36)38-28-14-7-6-13-27(28)37-31/h2-7,9-14,16-19,29-30H,8,15,20H2,1H3/t29-,30-,36+/m1/s1. The summed E-state index contributed by atoms with van der Waals surface area (Å²) < 4.78 is 0. The van der Waals surface area contributed by atoms with Gasteiger partial charge in [-0.1, -0.05) is 90.5 Å². The van der Waals surface area contributed by atoms with Crippen LogP contribution >= 0.6 is 0 Å². The predicted octanol–water partition coefficient (Wildman–Crippen LogP) is 6.49. The van der Waals surface area contributed by atoms with Crippen molar-refractivity contribution in [3.8, 4) is 11.3 Å². The molecular formula is C36H27N3O2. The molecule has 5 nitrogen and oxygen atoms in total. The Balaban J connectivity index is 1.48. The molecule has 2 saturated heterocycles. The summed E-state index contributed by atoms with van der Waals surface area (Å²) in [5.74, 6) is -0.503. The largest absolute Gasteiger partial charge is 0.293 e. The maximum absolute atomic E-state index is 15.3. The lowest BCUT2D eigenvalue weighted by Crippen LogP contribution is -2.57. The minimum atomic E-state index is -1.41. The van der Waals surface area contributed by atoms with Crippen LogP contribution in [0.1, 0.15) is 61.9 Å². The molecule has 1 aromatic heterocycles. The third kappa shape index (κ3) is 2.53. The van der Waals surface area contributed by atoms with E-state index in [0.717, 1.165) is 64.1 Å². The molecule has 5 aromatic rings. The molecule has 0 saturated carbocycles. The highest BCUT2D eigenvalue weighted by Crippen LogP contribution is 2.73. The predicted molar refractivity (Wildman–Crippen MR) is 157 cm³/mol. The number of para-hydroxylation sites is 2. The molecule has 0 radical (unpaired) electrons. The number of carbonyl (C=O) groups excluding carboxylic acids is 2. The van der Waals surface area contributed by atoms with Crippen LogP contribution in [0.4, 0.5) is 0 Å². The number of hydrogen-bond acceptors (Lipinski definition) is 5. The molecule has 2 aliphatic carbocycles. The number of carbonyl (C=O) groups is 2. The summed E-state index contributed by atoms with van der Waals surface area (Å²) in [4.78, 5) is 43.5. The molecule has 0 bridgehead atoms. The Labute approximate surface area is 237 Å². The van der Waals surface area contributed by atoms with E-state index in [2.05, 4.69) is 48.2 Å². The SMILES string of the molecule is Cc1ccc([C@@H]2[C@H]3CCCN3[C@]3(c4ccccc4-c4nc5ccccc5nc43)C23C(=O)c2ccccc2C3=O)cc1. The Hall–Kier alpha value is -4.48. The van der Waals surface area contributed by atoms with E-state index in [1.807, 2.05) is 60.7 Å². The summed E-state index contributed by atoms with van der Waals surface area (Å²) in [6.45, 7) is 2.86. The van der Waals surface area contributed by atoms with Gasteiger partial charge in [-0.2, -0.15) is 0 Å². The zero-order valence-electron chi connectivity index (χ0n) is 22.7. The van der Waals surface area contributed by atoms with Crippen molar-refractivity contribution < 1.29 is 9.59 Å². The van der Waals surface area contributed by atoms with Gasteiger partial charge in [0.15, 0.2) is 11.6 Å². The molecule has 4 aromatic carbocycles. The first-order valence-corrected chi connectivity index (χ1v) is 14.5. The molecule has 0 amide bonds. The van der Waals surface area contributed by atoms with Crippen molar-refractivity contribution in [2.45, 2.75) is 37.3 Å². The summed E-state index contributed by atoms with van der Waals surface area (Å²) in [6.07, 6.45) is 1.91. The molecule has 3 heterocycles. The summed E-state index contributed by atoms with van der Waals surface area (Å²) in [6, 6.07) is 32.0. The monoisotopic (exact) mass is 533 g/mol. The maximum atomic E-state index is 15.3. The topological polar surface area (TPSA) is 63.2 Å². The fourth-order valence-electron chi connectivity index (χ4n) is 8.82. The number of nitrogens with zero attached hydrogens (tertiary/aromatic N) is 3. The Kier molecular flexibility index (Phi) is 4.44. The molecule has 2 fully saturated rings. The third-order valence-corrected chi connectivity index (χ3v) is 10.2. The number of benzene rings is 4. The zero-order valence-corrected chi connectivity index (χ0v) is 22.7. The van der Waals surface area contributed by atoms with Crippen molar-refractivity contribution in [3.05, 3.63) is 131 Å². The molecule has 2 aliphatic heterocycles. The Morgan fingerprint density at radius 2 is 1.34 bits per heavy atom. The van der Waals surface area contributed by atoms with Crippen LogP contribution < -0.4 is 0 Å². The van der Waals surface area contributed by atoms with Crippen LogP contribution in [0.5, 0.6) is 0 Å². The highest BCUT2D eigenvalue weighted by atomic mass is 16.2. The van der Waals surface area contributed by atoms with Gasteiger partial charge in [0.1, 0.15) is 11.0 Å². The Morgan fingerprint density at radius 1 is 0.732 bits per heavy atom. The second-order valence-corrected chi connectivity index (χ2v) is 12.0. The molecular weight excluding hydrogens is 506 g/mol. The van der Waals surface area contributed by atoms with Crippen LogP contribution in [0, 0.1) is 12.3 Å². The zero-order chi connectivity index (χ0) is 27.5. The van der Waals surface area contributed by atoms with Gasteiger partial charge >= 0.3 is 0 Å². The van der Waals surface area contributed by atoms with E-state index in [0.29, 0.717) is 11.1 Å². The molecule has 2 spiro atoms. The van der Waals surface area contributed by atoms with Crippen LogP contribution in [0.3, 0.4) is 0 Å². The van der Waals surface area contributed by atoms with Crippen LogP contribution in [0.15, 0.2) is 97.1 Å². The van der Waals surface area contributed by atoms with E-state index in [9.17, 15) is 0 Å². The molecule has 0 unspecified atom stereocenters. The van der Waals surface area contributed by atoms with Gasteiger partial charge in [0.05, 0.1) is 22.4 Å². The second kappa shape index (κ2) is 7.83. The van der Waals surface area contributed by atoms with Crippen molar-refractivity contribution in [1.29, 1.82) is 0 Å². The number of hydrogen-bond donors (Lipinski definition) is 0. The minimum Gasteiger partial charge on any atom is -0.293 e. The Bertz CT molecular complexity index is 1930. The number of fused-ring (bicyclic) bond motifs is 10. The van der Waals surface area contributed by atoms with Crippen molar-refractivity contribution in [2.24, 2.45) is 5.41 Å². The highest BCUT2D eigenvalue weighted by molar-refractivity contribution is 6.32. The van der Waals surface area contributed by atoms with E-state index in [1.54, 1.807) is 0 Å². The summed E-state index contributed by atoms with van der Waals surface area (Å²) in [5.41, 5.74) is 5.81. The van der Waals surface area contributed by atoms with E-state index in [4.69, 9.17) is 9.97 Å². The fourth-order valence-corrected chi connectivity index (χ4v) is 8.82. The third-order valence-electron chi connectivity index (χ3n) is 10.2. The van der Waals surface area contributed by atoms with Crippen molar-refractivity contribution in [2.75, 3.05) is 6.54 Å². The number of Topliss-reactive ketones (excluding diaryl/α,β-unsaturated/α-hetero) is 2. The second-order valence-electron chi connectivity index (χ2n) is 12.0. The van der Waals surface area contributed by atoms with Gasteiger partial charge in [-0.05, 0) is 49.6 Å². The highest BCUT2D eigenvalue weighted by Gasteiger charge is 2.80. The van der Waals surface area contributed by atoms with Gasteiger partial charge in [-0.3, -0.25) is 14.5 Å². The van der Waals surface area contributed by atoms with Crippen LogP contribution in [0.25, 0.3) is 22.3 Å². The first-order chi connectivity index (χ1) is 20.1. The molecule has 5 heteroatoms. The molecule has 41 heavy (non-hydrogen) atoms. The lowest BCUT2D eigenvalue weighted by molar-refractivity contribution is 0.0428. The molecule has 198 valence electrons. The van der Waals surface area contributed by atoms with Gasteiger partial charge in [0.25, 0.3) is 0 Å². The molecule has 3 atom stereocenters. The first-order valence-electron chi connectivity index (χ1n) is 14.5. The van der Waals surface area contributed by atoms with Gasteiger partial charge < -0.3 is 0 Å². The lowest BCUT2D eigenvalue weighted by Gasteiger charge is -2.45. The van der Waals surface area contributed by atoms with Crippen LogP contribution in [0.2, 0.25) is 0 Å². The van der Waals surface area contributed by atoms with Gasteiger partial charge in [0.2, 0.25) is 0 Å². The summed E-state index contributed by atoms with van der Waals surface area (Å²) in [5, 5.41) is 0. The number of aromatic nitrogens is 2. The van der Waals surface area contributed by atoms with Crippen molar-refractivity contribution >= 4 is 22.6 Å². The number of aryl methyl sites for hydroxylation is 1. The van der Waals surface area contributed by atoms with E-state index in [1.165, 1.54) is 0 Å². The Morgan fingerprint density at radius 3 is 2.05 bits per heavy atom. The average molecular weight is 534 g/mol. The lowest BCUT2D eigenvalue weighted by atomic mass is 9.56. The average Bonchev–Trinajstić information content (AvgIpc) is 3.71. The van der Waals surface area contributed by atoms with Crippen LogP contribution in [-0.4, -0.2) is 39.0 Å². The van der Waals surface area contributed by atoms with Gasteiger partial charge in [-0.15, -0.1) is 0 Å². The maximum Gasteiger partial charge on any atom is 0.180 e. The number of ketones is 2. The summed E-state index contributed by atoms with van der Waals surface area (Å²) >= 11 is 0. The van der Waals surface area contributed by atoms with E-state index >= 15 is 9.59 Å². The van der Waals surface area contributed by atoms with Crippen molar-refractivity contribution in [3.63, 3.8) is 0 Å². The molecule has 9 rings (SSSR count).